The summed E-state index contributed by atoms with van der Waals surface area (Å²) in [6, 6.07) is 8.08. The Morgan fingerprint density at radius 3 is 2.28 bits per heavy atom. The molecule has 0 bridgehead atoms. The molecule has 2 nitrogen and oxygen atoms in total. The molecule has 0 unspecified atom stereocenters. The molecule has 0 fully saturated rings. The molecular formula is C15H22O2Si. The molecule has 1 aliphatic rings. The predicted molar refractivity (Wildman–Crippen MR) is 76.3 cm³/mol. The van der Waals surface area contributed by atoms with E-state index in [1.807, 2.05) is 18.2 Å². The molecule has 1 N–H and O–H groups in total. The standard InChI is InChI=1S/C15H22O2Si/c1-10(16)13-9-14(18(2,3)4)11-7-5-6-8-12(11)15(13)17/h5-8,13-15,17H,9H2,1-4H3/t13-,14-,15-/m1/s1. The maximum absolute atomic E-state index is 11.7. The van der Waals surface area contributed by atoms with Gasteiger partial charge in [-0.05, 0) is 30.0 Å². The summed E-state index contributed by atoms with van der Waals surface area (Å²) in [6.07, 6.45) is 0.190. The first-order valence-electron chi connectivity index (χ1n) is 6.59. The van der Waals surface area contributed by atoms with Crippen LogP contribution in [-0.2, 0) is 4.79 Å². The molecule has 0 saturated carbocycles. The zero-order valence-electron chi connectivity index (χ0n) is 11.6. The number of rotatable bonds is 2. The lowest BCUT2D eigenvalue weighted by molar-refractivity contribution is -0.125. The Balaban J connectivity index is 2.52. The van der Waals surface area contributed by atoms with E-state index in [4.69, 9.17) is 0 Å². The Labute approximate surface area is 110 Å². The topological polar surface area (TPSA) is 37.3 Å². The normalized spacial score (nSPS) is 27.7. The molecule has 0 aliphatic heterocycles. The van der Waals surface area contributed by atoms with Crippen molar-refractivity contribution in [2.45, 2.75) is 44.6 Å². The van der Waals surface area contributed by atoms with Crippen LogP contribution in [0.4, 0.5) is 0 Å². The first-order chi connectivity index (χ1) is 8.32. The number of carbonyl (C=O) groups is 1. The summed E-state index contributed by atoms with van der Waals surface area (Å²) < 4.78 is 0. The average Bonchev–Trinajstić information content (AvgIpc) is 2.27. The summed E-state index contributed by atoms with van der Waals surface area (Å²) in [5.74, 6) is -0.114. The number of fused-ring (bicyclic) bond motifs is 1. The van der Waals surface area contributed by atoms with E-state index in [1.54, 1.807) is 6.92 Å². The molecule has 0 spiro atoms. The lowest BCUT2D eigenvalue weighted by Gasteiger charge is -2.40. The van der Waals surface area contributed by atoms with Gasteiger partial charge < -0.3 is 5.11 Å². The van der Waals surface area contributed by atoms with Crippen LogP contribution in [0.2, 0.25) is 19.6 Å². The van der Waals surface area contributed by atoms with Crippen molar-refractivity contribution in [1.29, 1.82) is 0 Å². The minimum atomic E-state index is -1.39. The summed E-state index contributed by atoms with van der Waals surface area (Å²) in [5, 5.41) is 10.4. The largest absolute Gasteiger partial charge is 0.388 e. The van der Waals surface area contributed by atoms with Crippen molar-refractivity contribution in [2.75, 3.05) is 0 Å². The third kappa shape index (κ3) is 2.29. The molecule has 1 aromatic carbocycles. The third-order valence-corrected chi connectivity index (χ3v) is 6.77. The third-order valence-electron chi connectivity index (χ3n) is 4.13. The second-order valence-corrected chi connectivity index (χ2v) is 11.9. The van der Waals surface area contributed by atoms with E-state index in [2.05, 4.69) is 25.7 Å². The second kappa shape index (κ2) is 4.63. The minimum Gasteiger partial charge on any atom is -0.388 e. The van der Waals surface area contributed by atoms with Gasteiger partial charge in [-0.15, -0.1) is 0 Å². The molecule has 1 aliphatic carbocycles. The van der Waals surface area contributed by atoms with E-state index in [9.17, 15) is 9.90 Å². The van der Waals surface area contributed by atoms with E-state index >= 15 is 0 Å². The second-order valence-electron chi connectivity index (χ2n) is 6.45. The van der Waals surface area contributed by atoms with Crippen LogP contribution in [0.1, 0.15) is 36.1 Å². The Hall–Kier alpha value is -0.933. The van der Waals surface area contributed by atoms with Gasteiger partial charge in [0.15, 0.2) is 0 Å². The smallest absolute Gasteiger partial charge is 0.135 e. The average molecular weight is 262 g/mol. The van der Waals surface area contributed by atoms with Gasteiger partial charge in [0, 0.05) is 5.92 Å². The Morgan fingerprint density at radius 2 is 1.78 bits per heavy atom. The van der Waals surface area contributed by atoms with Crippen molar-refractivity contribution in [3.8, 4) is 0 Å². The van der Waals surface area contributed by atoms with Gasteiger partial charge in [-0.2, -0.15) is 0 Å². The fourth-order valence-electron chi connectivity index (χ4n) is 3.03. The van der Waals surface area contributed by atoms with E-state index in [1.165, 1.54) is 5.56 Å². The lowest BCUT2D eigenvalue weighted by atomic mass is 9.79. The van der Waals surface area contributed by atoms with Crippen molar-refractivity contribution in [3.63, 3.8) is 0 Å². The summed E-state index contributed by atoms with van der Waals surface area (Å²) >= 11 is 0. The first kappa shape index (κ1) is 13.5. The van der Waals surface area contributed by atoms with Crippen molar-refractivity contribution in [2.24, 2.45) is 5.92 Å². The van der Waals surface area contributed by atoms with Crippen molar-refractivity contribution >= 4 is 13.9 Å². The highest BCUT2D eigenvalue weighted by Gasteiger charge is 2.41. The molecule has 0 saturated heterocycles. The molecule has 2 rings (SSSR count). The van der Waals surface area contributed by atoms with E-state index in [0.29, 0.717) is 5.54 Å². The van der Waals surface area contributed by atoms with Gasteiger partial charge in [-0.1, -0.05) is 43.9 Å². The summed E-state index contributed by atoms with van der Waals surface area (Å²) in [7, 11) is -1.39. The monoisotopic (exact) mass is 262 g/mol. The first-order valence-corrected chi connectivity index (χ1v) is 10.2. The summed E-state index contributed by atoms with van der Waals surface area (Å²) in [4.78, 5) is 11.7. The van der Waals surface area contributed by atoms with Crippen LogP contribution in [-0.4, -0.2) is 19.0 Å². The van der Waals surface area contributed by atoms with Crippen molar-refractivity contribution < 1.29 is 9.90 Å². The fraction of sp³-hybridized carbons (Fsp3) is 0.533. The highest BCUT2D eigenvalue weighted by atomic mass is 28.3. The van der Waals surface area contributed by atoms with E-state index < -0.39 is 14.2 Å². The molecule has 98 valence electrons. The molecule has 0 aromatic heterocycles. The molecule has 0 heterocycles. The Kier molecular flexibility index (Phi) is 3.47. The number of hydrogen-bond donors (Lipinski definition) is 1. The highest BCUT2D eigenvalue weighted by molar-refractivity contribution is 6.77. The molecule has 3 heteroatoms. The Bertz CT molecular complexity index is 462. The number of aliphatic hydroxyl groups excluding tert-OH is 1. The SMILES string of the molecule is CC(=O)[C@H]1C[C@@H]([Si](C)(C)C)c2ccccc2[C@H]1O. The summed E-state index contributed by atoms with van der Waals surface area (Å²) in [6.45, 7) is 8.61. The molecule has 0 amide bonds. The fourth-order valence-corrected chi connectivity index (χ4v) is 5.19. The van der Waals surface area contributed by atoms with Crippen LogP contribution in [0.25, 0.3) is 0 Å². The predicted octanol–water partition coefficient (Wildman–Crippen LogP) is 3.29. The number of carbonyl (C=O) groups excluding carboxylic acids is 1. The van der Waals surface area contributed by atoms with Gasteiger partial charge in [-0.25, -0.2) is 0 Å². The minimum absolute atomic E-state index is 0.111. The quantitative estimate of drug-likeness (QED) is 0.830. The molecule has 3 atom stereocenters. The number of benzene rings is 1. The van der Waals surface area contributed by atoms with Crippen LogP contribution in [0.5, 0.6) is 0 Å². The van der Waals surface area contributed by atoms with Gasteiger partial charge in [0.05, 0.1) is 14.2 Å². The van der Waals surface area contributed by atoms with Gasteiger partial charge in [0.2, 0.25) is 0 Å². The number of hydrogen-bond acceptors (Lipinski definition) is 2. The molecule has 18 heavy (non-hydrogen) atoms. The number of aliphatic hydroxyl groups is 1. The van der Waals surface area contributed by atoms with Crippen LogP contribution in [0.15, 0.2) is 24.3 Å². The zero-order chi connectivity index (χ0) is 13.5. The van der Waals surface area contributed by atoms with Crippen molar-refractivity contribution in [3.05, 3.63) is 35.4 Å². The number of ketones is 1. The molecule has 1 aromatic rings. The van der Waals surface area contributed by atoms with Gasteiger partial charge in [-0.3, -0.25) is 4.79 Å². The maximum Gasteiger partial charge on any atom is 0.135 e. The molecule has 0 radical (unpaired) electrons. The number of Topliss-reactive ketones (excluding diaryl/α,β-unsaturated/α-hetero) is 1. The van der Waals surface area contributed by atoms with Gasteiger partial charge >= 0.3 is 0 Å². The van der Waals surface area contributed by atoms with Gasteiger partial charge in [0.1, 0.15) is 5.78 Å². The van der Waals surface area contributed by atoms with Gasteiger partial charge in [0.25, 0.3) is 0 Å². The van der Waals surface area contributed by atoms with E-state index in [-0.39, 0.29) is 11.7 Å². The van der Waals surface area contributed by atoms with Crippen molar-refractivity contribution in [1.82, 2.24) is 0 Å². The van der Waals surface area contributed by atoms with E-state index in [0.717, 1.165) is 12.0 Å². The van der Waals surface area contributed by atoms with Crippen LogP contribution >= 0.6 is 0 Å². The van der Waals surface area contributed by atoms with Crippen LogP contribution < -0.4 is 0 Å². The van der Waals surface area contributed by atoms with Crippen LogP contribution in [0.3, 0.4) is 0 Å². The Morgan fingerprint density at radius 1 is 1.22 bits per heavy atom. The zero-order valence-corrected chi connectivity index (χ0v) is 12.6. The highest BCUT2D eigenvalue weighted by Crippen LogP contribution is 2.45. The maximum atomic E-state index is 11.7. The lowest BCUT2D eigenvalue weighted by Crippen LogP contribution is -2.39. The van der Waals surface area contributed by atoms with Crippen LogP contribution in [0, 0.1) is 5.92 Å². The molecular weight excluding hydrogens is 240 g/mol. The summed E-state index contributed by atoms with van der Waals surface area (Å²) in [5.41, 5.74) is 2.70.